The molecule has 1 saturated carbocycles. The van der Waals surface area contributed by atoms with Gasteiger partial charge in [-0.05, 0) is 31.7 Å². The van der Waals surface area contributed by atoms with Crippen LogP contribution in [-0.2, 0) is 0 Å². The molecule has 0 atom stereocenters. The van der Waals surface area contributed by atoms with E-state index in [2.05, 4.69) is 14.9 Å². The molecule has 0 bridgehead atoms. The van der Waals surface area contributed by atoms with E-state index in [-0.39, 0.29) is 5.84 Å². The van der Waals surface area contributed by atoms with Gasteiger partial charge in [0.05, 0.1) is 0 Å². The summed E-state index contributed by atoms with van der Waals surface area (Å²) < 4.78 is 0. The van der Waals surface area contributed by atoms with Gasteiger partial charge in [-0.1, -0.05) is 12.8 Å². The third-order valence-electron chi connectivity index (χ3n) is 3.47. The fourth-order valence-electron chi connectivity index (χ4n) is 2.52. The van der Waals surface area contributed by atoms with Gasteiger partial charge in [0.25, 0.3) is 0 Å². The molecule has 5 heteroatoms. The Labute approximate surface area is 108 Å². The van der Waals surface area contributed by atoms with Gasteiger partial charge in [0.15, 0.2) is 0 Å². The molecule has 0 aromatic carbocycles. The topological polar surface area (TPSA) is 78.9 Å². The molecule has 5 nitrogen and oxygen atoms in total. The predicted molar refractivity (Wildman–Crippen MR) is 73.0 cm³/mol. The van der Waals surface area contributed by atoms with Crippen LogP contribution in [0.25, 0.3) is 0 Å². The van der Waals surface area contributed by atoms with Crippen molar-refractivity contribution in [2.75, 3.05) is 18.5 Å². The van der Waals surface area contributed by atoms with Crippen molar-refractivity contribution in [3.05, 3.63) is 17.5 Å². The second kappa shape index (κ2) is 5.33. The quantitative estimate of drug-likeness (QED) is 0.627. The third-order valence-corrected chi connectivity index (χ3v) is 3.47. The Bertz CT molecular complexity index is 437. The molecule has 98 valence electrons. The van der Waals surface area contributed by atoms with Crippen LogP contribution < -0.4 is 10.6 Å². The lowest BCUT2D eigenvalue weighted by Crippen LogP contribution is -2.27. The number of aromatic nitrogens is 2. The maximum absolute atomic E-state index is 7.46. The van der Waals surface area contributed by atoms with Crippen LogP contribution in [0.4, 0.5) is 5.95 Å². The lowest BCUT2D eigenvalue weighted by molar-refractivity contribution is 0.542. The number of hydrogen-bond acceptors (Lipinski definition) is 4. The molecular formula is C13H21N5. The van der Waals surface area contributed by atoms with Crippen LogP contribution >= 0.6 is 0 Å². The van der Waals surface area contributed by atoms with E-state index in [9.17, 15) is 0 Å². The van der Waals surface area contributed by atoms with E-state index in [0.29, 0.717) is 11.6 Å². The minimum Gasteiger partial charge on any atom is -0.382 e. The molecule has 0 radical (unpaired) electrons. The van der Waals surface area contributed by atoms with Crippen molar-refractivity contribution in [3.63, 3.8) is 0 Å². The highest BCUT2D eigenvalue weighted by Gasteiger charge is 2.18. The summed E-state index contributed by atoms with van der Waals surface area (Å²) in [5, 5.41) is 7.46. The molecule has 0 saturated heterocycles. The normalized spacial score (nSPS) is 15.9. The summed E-state index contributed by atoms with van der Waals surface area (Å²) in [5.41, 5.74) is 6.85. The highest BCUT2D eigenvalue weighted by atomic mass is 15.2. The third kappa shape index (κ3) is 2.97. The standard InChI is InChI=1S/C13H21N5/c1-9-7-11(12(14)15)17-13(16-9)18(2)8-10-5-3-4-6-10/h7,10H,3-6,8H2,1-2H3,(H3,14,15). The predicted octanol–water partition coefficient (Wildman–Crippen LogP) is 1.70. The van der Waals surface area contributed by atoms with Crippen LogP contribution in [-0.4, -0.2) is 29.4 Å². The van der Waals surface area contributed by atoms with Gasteiger partial charge in [0, 0.05) is 19.3 Å². The molecule has 0 amide bonds. The number of nitrogen functional groups attached to an aromatic ring is 1. The summed E-state index contributed by atoms with van der Waals surface area (Å²) in [6.45, 7) is 2.89. The van der Waals surface area contributed by atoms with Crippen LogP contribution in [0, 0.1) is 18.3 Å². The van der Waals surface area contributed by atoms with Gasteiger partial charge in [-0.25, -0.2) is 9.97 Å². The van der Waals surface area contributed by atoms with Crippen molar-refractivity contribution in [3.8, 4) is 0 Å². The Morgan fingerprint density at radius 1 is 1.44 bits per heavy atom. The summed E-state index contributed by atoms with van der Waals surface area (Å²) in [5.74, 6) is 1.42. The molecule has 0 spiro atoms. The molecule has 3 N–H and O–H groups in total. The highest BCUT2D eigenvalue weighted by Crippen LogP contribution is 2.26. The Morgan fingerprint density at radius 3 is 2.72 bits per heavy atom. The van der Waals surface area contributed by atoms with Crippen LogP contribution in [0.2, 0.25) is 0 Å². The monoisotopic (exact) mass is 247 g/mol. The minimum absolute atomic E-state index is 0.00369. The molecule has 1 heterocycles. The Balaban J connectivity index is 2.13. The number of nitrogens with one attached hydrogen (secondary N) is 1. The number of anilines is 1. The lowest BCUT2D eigenvalue weighted by Gasteiger charge is -2.21. The van der Waals surface area contributed by atoms with Crippen molar-refractivity contribution in [1.29, 1.82) is 5.41 Å². The highest BCUT2D eigenvalue weighted by molar-refractivity contribution is 5.93. The first-order valence-electron chi connectivity index (χ1n) is 6.47. The fraction of sp³-hybridized carbons (Fsp3) is 0.615. The summed E-state index contributed by atoms with van der Waals surface area (Å²) in [7, 11) is 2.01. The van der Waals surface area contributed by atoms with Gasteiger partial charge in [-0.3, -0.25) is 5.41 Å². The maximum atomic E-state index is 7.46. The number of hydrogen-bond donors (Lipinski definition) is 2. The van der Waals surface area contributed by atoms with E-state index in [1.165, 1.54) is 25.7 Å². The van der Waals surface area contributed by atoms with E-state index in [0.717, 1.165) is 18.2 Å². The van der Waals surface area contributed by atoms with Crippen molar-refractivity contribution in [1.82, 2.24) is 9.97 Å². The van der Waals surface area contributed by atoms with Gasteiger partial charge in [0.2, 0.25) is 5.95 Å². The van der Waals surface area contributed by atoms with Gasteiger partial charge in [-0.15, -0.1) is 0 Å². The molecular weight excluding hydrogens is 226 g/mol. The van der Waals surface area contributed by atoms with Gasteiger partial charge in [-0.2, -0.15) is 0 Å². The zero-order valence-corrected chi connectivity index (χ0v) is 11.1. The summed E-state index contributed by atoms with van der Waals surface area (Å²) in [6, 6.07) is 1.75. The molecule has 1 aromatic heterocycles. The first-order chi connectivity index (χ1) is 8.56. The molecule has 1 aromatic rings. The van der Waals surface area contributed by atoms with Gasteiger partial charge in [0.1, 0.15) is 11.5 Å². The van der Waals surface area contributed by atoms with Crippen molar-refractivity contribution in [2.24, 2.45) is 11.7 Å². The number of rotatable bonds is 4. The molecule has 0 unspecified atom stereocenters. The van der Waals surface area contributed by atoms with E-state index in [1.54, 1.807) is 6.07 Å². The molecule has 1 fully saturated rings. The van der Waals surface area contributed by atoms with Gasteiger partial charge < -0.3 is 10.6 Å². The zero-order valence-electron chi connectivity index (χ0n) is 11.1. The molecule has 1 aliphatic rings. The van der Waals surface area contributed by atoms with Crippen LogP contribution in [0.15, 0.2) is 6.07 Å². The SMILES string of the molecule is Cc1cc(C(=N)N)nc(N(C)CC2CCCC2)n1. The Kier molecular flexibility index (Phi) is 3.79. The molecule has 0 aliphatic heterocycles. The Hall–Kier alpha value is -1.65. The summed E-state index contributed by atoms with van der Waals surface area (Å²) >= 11 is 0. The van der Waals surface area contributed by atoms with Crippen LogP contribution in [0.3, 0.4) is 0 Å². The molecule has 2 rings (SSSR count). The van der Waals surface area contributed by atoms with Crippen molar-refractivity contribution >= 4 is 11.8 Å². The number of aryl methyl sites for hydroxylation is 1. The van der Waals surface area contributed by atoms with Crippen LogP contribution in [0.1, 0.15) is 37.1 Å². The largest absolute Gasteiger partial charge is 0.382 e. The number of nitrogens with two attached hydrogens (primary N) is 1. The Morgan fingerprint density at radius 2 is 2.11 bits per heavy atom. The van der Waals surface area contributed by atoms with Crippen LogP contribution in [0.5, 0.6) is 0 Å². The maximum Gasteiger partial charge on any atom is 0.225 e. The second-order valence-electron chi connectivity index (χ2n) is 5.14. The second-order valence-corrected chi connectivity index (χ2v) is 5.14. The average molecular weight is 247 g/mol. The smallest absolute Gasteiger partial charge is 0.225 e. The van der Waals surface area contributed by atoms with E-state index < -0.39 is 0 Å². The molecule has 1 aliphatic carbocycles. The van der Waals surface area contributed by atoms with E-state index in [1.807, 2.05) is 14.0 Å². The number of amidine groups is 1. The fourth-order valence-corrected chi connectivity index (χ4v) is 2.52. The van der Waals surface area contributed by atoms with Gasteiger partial charge >= 0.3 is 0 Å². The lowest BCUT2D eigenvalue weighted by atomic mass is 10.1. The first kappa shape index (κ1) is 12.8. The molecule has 18 heavy (non-hydrogen) atoms. The first-order valence-corrected chi connectivity index (χ1v) is 6.47. The van der Waals surface area contributed by atoms with Crippen molar-refractivity contribution < 1.29 is 0 Å². The number of nitrogens with zero attached hydrogens (tertiary/aromatic N) is 3. The average Bonchev–Trinajstić information content (AvgIpc) is 2.80. The summed E-state index contributed by atoms with van der Waals surface area (Å²) in [4.78, 5) is 10.8. The van der Waals surface area contributed by atoms with E-state index >= 15 is 0 Å². The van der Waals surface area contributed by atoms with Crippen molar-refractivity contribution in [2.45, 2.75) is 32.6 Å². The minimum atomic E-state index is -0.00369. The zero-order chi connectivity index (χ0) is 13.1. The van der Waals surface area contributed by atoms with E-state index in [4.69, 9.17) is 11.1 Å². The summed E-state index contributed by atoms with van der Waals surface area (Å²) in [6.07, 6.45) is 5.28.